The molecule has 2 aromatic rings. The van der Waals surface area contributed by atoms with Crippen LogP contribution in [0.25, 0.3) is 0 Å². The zero-order valence-corrected chi connectivity index (χ0v) is 11.1. The van der Waals surface area contributed by atoms with Gasteiger partial charge in [-0.1, -0.05) is 12.1 Å². The summed E-state index contributed by atoms with van der Waals surface area (Å²) in [4.78, 5) is 20.5. The Bertz CT molecular complexity index is 617. The number of nitroso groups, excluding NO2 is 2. The highest BCUT2D eigenvalue weighted by Crippen LogP contribution is 2.21. The fourth-order valence-electron chi connectivity index (χ4n) is 2.06. The van der Waals surface area contributed by atoms with Crippen LogP contribution in [0, 0.1) is 21.4 Å². The molecule has 0 atom stereocenters. The average Bonchev–Trinajstić information content (AvgIpc) is 2.48. The number of rotatable bonds is 6. The fraction of sp³-hybridized carbons (Fsp3) is 0.200. The molecule has 0 heterocycles. The summed E-state index contributed by atoms with van der Waals surface area (Å²) in [7, 11) is 0. The molecular formula is C15H12F2N2O2. The van der Waals surface area contributed by atoms with Crippen molar-refractivity contribution in [1.29, 1.82) is 0 Å². The lowest BCUT2D eigenvalue weighted by Crippen LogP contribution is -1.92. The summed E-state index contributed by atoms with van der Waals surface area (Å²) in [5.41, 5.74) is 1.06. The Morgan fingerprint density at radius 1 is 0.762 bits per heavy atom. The lowest BCUT2D eigenvalue weighted by molar-refractivity contribution is 0.624. The topological polar surface area (TPSA) is 58.9 Å². The van der Waals surface area contributed by atoms with Crippen molar-refractivity contribution in [2.75, 3.05) is 0 Å². The zero-order chi connectivity index (χ0) is 15.2. The molecule has 0 aromatic heterocycles. The minimum atomic E-state index is -0.644. The highest BCUT2D eigenvalue weighted by molar-refractivity contribution is 5.41. The van der Waals surface area contributed by atoms with Gasteiger partial charge in [-0.15, -0.1) is 9.81 Å². The molecule has 0 spiro atoms. The predicted molar refractivity (Wildman–Crippen MR) is 75.7 cm³/mol. The Kier molecular flexibility index (Phi) is 4.81. The van der Waals surface area contributed by atoms with Crippen LogP contribution in [0.3, 0.4) is 0 Å². The van der Waals surface area contributed by atoms with Crippen molar-refractivity contribution in [3.63, 3.8) is 0 Å². The molecule has 0 saturated heterocycles. The normalized spacial score (nSPS) is 10.4. The van der Waals surface area contributed by atoms with E-state index in [4.69, 9.17) is 0 Å². The Morgan fingerprint density at radius 3 is 1.52 bits per heavy atom. The van der Waals surface area contributed by atoms with Crippen LogP contribution in [0.2, 0.25) is 0 Å². The van der Waals surface area contributed by atoms with E-state index in [1.165, 1.54) is 24.3 Å². The van der Waals surface area contributed by atoms with Crippen LogP contribution in [0.5, 0.6) is 0 Å². The molecule has 108 valence electrons. The van der Waals surface area contributed by atoms with Crippen LogP contribution in [-0.4, -0.2) is 0 Å². The van der Waals surface area contributed by atoms with Crippen LogP contribution < -0.4 is 0 Å². The molecule has 0 aliphatic rings. The lowest BCUT2D eigenvalue weighted by atomic mass is 10.0. The lowest BCUT2D eigenvalue weighted by Gasteiger charge is -2.04. The third-order valence-corrected chi connectivity index (χ3v) is 3.15. The van der Waals surface area contributed by atoms with Gasteiger partial charge in [-0.05, 0) is 65.0 Å². The average molecular weight is 290 g/mol. The molecule has 0 unspecified atom stereocenters. The van der Waals surface area contributed by atoms with Gasteiger partial charge < -0.3 is 0 Å². The standard InChI is InChI=1S/C15H12F2N2O2/c16-12-8-10(4-6-14(12)18-20)2-1-3-11-5-7-15(19-21)13(17)9-11/h4-9H,1-3H2. The van der Waals surface area contributed by atoms with Gasteiger partial charge in [0.15, 0.2) is 11.6 Å². The molecule has 0 N–H and O–H groups in total. The van der Waals surface area contributed by atoms with Gasteiger partial charge in [0, 0.05) is 0 Å². The maximum atomic E-state index is 13.4. The van der Waals surface area contributed by atoms with E-state index >= 15 is 0 Å². The molecule has 4 nitrogen and oxygen atoms in total. The quantitative estimate of drug-likeness (QED) is 0.708. The van der Waals surface area contributed by atoms with E-state index in [1.807, 2.05) is 0 Å². The minimum absolute atomic E-state index is 0.210. The van der Waals surface area contributed by atoms with Crippen LogP contribution >= 0.6 is 0 Å². The molecule has 0 aliphatic carbocycles. The number of benzene rings is 2. The molecule has 21 heavy (non-hydrogen) atoms. The smallest absolute Gasteiger partial charge is 0.152 e. The maximum Gasteiger partial charge on any atom is 0.152 e. The first kappa shape index (κ1) is 14.9. The van der Waals surface area contributed by atoms with E-state index in [0.717, 1.165) is 11.1 Å². The summed E-state index contributed by atoms with van der Waals surface area (Å²) < 4.78 is 26.7. The van der Waals surface area contributed by atoms with E-state index in [2.05, 4.69) is 10.4 Å². The summed E-state index contributed by atoms with van der Waals surface area (Å²) in [5, 5.41) is 5.13. The number of nitrogens with zero attached hydrogens (tertiary/aromatic N) is 2. The molecule has 2 rings (SSSR count). The number of halogens is 2. The summed E-state index contributed by atoms with van der Waals surface area (Å²) in [6.07, 6.45) is 1.86. The Balaban J connectivity index is 1.95. The summed E-state index contributed by atoms with van der Waals surface area (Å²) >= 11 is 0. The molecule has 0 saturated carbocycles. The monoisotopic (exact) mass is 290 g/mol. The van der Waals surface area contributed by atoms with Crippen LogP contribution in [0.1, 0.15) is 17.5 Å². The predicted octanol–water partition coefficient (Wildman–Crippen LogP) is 4.94. The molecular weight excluding hydrogens is 278 g/mol. The van der Waals surface area contributed by atoms with Crippen molar-refractivity contribution < 1.29 is 8.78 Å². The highest BCUT2D eigenvalue weighted by atomic mass is 19.1. The van der Waals surface area contributed by atoms with Gasteiger partial charge in [-0.3, -0.25) is 0 Å². The van der Waals surface area contributed by atoms with Gasteiger partial charge in [0.25, 0.3) is 0 Å². The summed E-state index contributed by atoms with van der Waals surface area (Å²) in [6, 6.07) is 8.50. The third kappa shape index (κ3) is 3.75. The first-order chi connectivity index (χ1) is 10.1. The Hall–Kier alpha value is -2.50. The van der Waals surface area contributed by atoms with Crippen molar-refractivity contribution >= 4 is 11.4 Å². The molecule has 0 bridgehead atoms. The largest absolute Gasteiger partial charge is 0.204 e. The van der Waals surface area contributed by atoms with Gasteiger partial charge in [-0.2, -0.15) is 0 Å². The zero-order valence-electron chi connectivity index (χ0n) is 11.1. The van der Waals surface area contributed by atoms with E-state index in [0.29, 0.717) is 19.3 Å². The van der Waals surface area contributed by atoms with Crippen LogP contribution in [-0.2, 0) is 12.8 Å². The van der Waals surface area contributed by atoms with Crippen LogP contribution in [0.15, 0.2) is 46.8 Å². The van der Waals surface area contributed by atoms with Gasteiger partial charge in [0.05, 0.1) is 0 Å². The van der Waals surface area contributed by atoms with Gasteiger partial charge >= 0.3 is 0 Å². The van der Waals surface area contributed by atoms with Gasteiger partial charge in [-0.25, -0.2) is 8.78 Å². The van der Waals surface area contributed by atoms with E-state index in [-0.39, 0.29) is 11.4 Å². The Labute approximate surface area is 119 Å². The van der Waals surface area contributed by atoms with Gasteiger partial charge in [0.2, 0.25) is 0 Å². The van der Waals surface area contributed by atoms with Crippen molar-refractivity contribution in [2.45, 2.75) is 19.3 Å². The van der Waals surface area contributed by atoms with Crippen molar-refractivity contribution in [2.24, 2.45) is 10.4 Å². The highest BCUT2D eigenvalue weighted by Gasteiger charge is 2.06. The first-order valence-corrected chi connectivity index (χ1v) is 6.37. The SMILES string of the molecule is O=Nc1ccc(CCCc2ccc(N=O)c(F)c2)cc1F. The van der Waals surface area contributed by atoms with Crippen molar-refractivity contribution in [3.8, 4) is 0 Å². The van der Waals surface area contributed by atoms with Crippen LogP contribution in [0.4, 0.5) is 20.2 Å². The van der Waals surface area contributed by atoms with Gasteiger partial charge in [0.1, 0.15) is 11.4 Å². The second-order valence-corrected chi connectivity index (χ2v) is 4.61. The number of aryl methyl sites for hydroxylation is 2. The van der Waals surface area contributed by atoms with Crippen molar-refractivity contribution in [1.82, 2.24) is 0 Å². The molecule has 0 aliphatic heterocycles. The second-order valence-electron chi connectivity index (χ2n) is 4.61. The summed E-state index contributed by atoms with van der Waals surface area (Å²) in [5.74, 6) is -1.29. The van der Waals surface area contributed by atoms with E-state index in [1.54, 1.807) is 12.1 Å². The Morgan fingerprint density at radius 2 is 1.19 bits per heavy atom. The van der Waals surface area contributed by atoms with E-state index < -0.39 is 11.6 Å². The fourth-order valence-corrected chi connectivity index (χ4v) is 2.06. The third-order valence-electron chi connectivity index (χ3n) is 3.15. The summed E-state index contributed by atoms with van der Waals surface area (Å²) in [6.45, 7) is 0. The minimum Gasteiger partial charge on any atom is -0.204 e. The maximum absolute atomic E-state index is 13.4. The first-order valence-electron chi connectivity index (χ1n) is 6.37. The van der Waals surface area contributed by atoms with Crippen molar-refractivity contribution in [3.05, 3.63) is 69.0 Å². The molecule has 6 heteroatoms. The second kappa shape index (κ2) is 6.78. The molecule has 0 fully saturated rings. The van der Waals surface area contributed by atoms with E-state index in [9.17, 15) is 18.6 Å². The number of hydrogen-bond acceptors (Lipinski definition) is 4. The molecule has 0 amide bonds. The molecule has 0 radical (unpaired) electrons. The molecule has 2 aromatic carbocycles. The number of hydrogen-bond donors (Lipinski definition) is 0.